The van der Waals surface area contributed by atoms with Gasteiger partial charge in [0.05, 0.1) is 23.0 Å². The first-order chi connectivity index (χ1) is 13.4. The summed E-state index contributed by atoms with van der Waals surface area (Å²) in [6, 6.07) is 1.68. The van der Waals surface area contributed by atoms with Gasteiger partial charge in [-0.15, -0.1) is 22.0 Å². The predicted molar refractivity (Wildman–Crippen MR) is 103 cm³/mol. The molecule has 150 valence electrons. The monoisotopic (exact) mass is 424 g/mol. The third-order valence-electron chi connectivity index (χ3n) is 4.04. The minimum Gasteiger partial charge on any atom is -0.463 e. The largest absolute Gasteiger partial charge is 0.463 e. The summed E-state index contributed by atoms with van der Waals surface area (Å²) >= 11 is 2.55. The number of esters is 1. The highest BCUT2D eigenvalue weighted by atomic mass is 32.2. The number of thioether (sulfide) groups is 2. The number of hydrogen-bond acceptors (Lipinski definition) is 10. The second-order valence-electron chi connectivity index (χ2n) is 6.11. The molecule has 28 heavy (non-hydrogen) atoms. The van der Waals surface area contributed by atoms with Gasteiger partial charge in [-0.1, -0.05) is 30.8 Å². The van der Waals surface area contributed by atoms with E-state index in [9.17, 15) is 9.59 Å². The van der Waals surface area contributed by atoms with Gasteiger partial charge in [-0.25, -0.2) is 4.79 Å². The standard InChI is InChI=1S/C17H20N4O5S2/c1-5-24-16(23)13-9(3)10(4)28-15(13)18-12(22)7-27-17-20-19-14(25-17)11-6-8(2)26-21-11/h6,9-10H,5,7H2,1-4H3,(H,18,22)/t9-,10+/m0/s1. The van der Waals surface area contributed by atoms with Crippen LogP contribution in [0.5, 0.6) is 0 Å². The van der Waals surface area contributed by atoms with Crippen LogP contribution >= 0.6 is 23.5 Å². The van der Waals surface area contributed by atoms with E-state index in [1.165, 1.54) is 11.8 Å². The van der Waals surface area contributed by atoms with E-state index in [-0.39, 0.29) is 46.5 Å². The molecule has 1 N–H and O–H groups in total. The summed E-state index contributed by atoms with van der Waals surface area (Å²) in [5, 5.41) is 15.4. The smallest absolute Gasteiger partial charge is 0.336 e. The lowest BCUT2D eigenvalue weighted by atomic mass is 9.99. The third kappa shape index (κ3) is 4.58. The van der Waals surface area contributed by atoms with Crippen molar-refractivity contribution in [3.8, 4) is 11.6 Å². The van der Waals surface area contributed by atoms with E-state index >= 15 is 0 Å². The lowest BCUT2D eigenvalue weighted by Crippen LogP contribution is -2.25. The third-order valence-corrected chi connectivity index (χ3v) is 6.19. The predicted octanol–water partition coefficient (Wildman–Crippen LogP) is 2.79. The molecule has 0 radical (unpaired) electrons. The van der Waals surface area contributed by atoms with Crippen LogP contribution in [-0.4, -0.2) is 44.8 Å². The second-order valence-corrected chi connectivity index (χ2v) is 8.42. The molecule has 0 saturated carbocycles. The number of ether oxygens (including phenoxy) is 1. The van der Waals surface area contributed by atoms with Gasteiger partial charge in [0.15, 0.2) is 5.69 Å². The lowest BCUT2D eigenvalue weighted by Gasteiger charge is -2.11. The summed E-state index contributed by atoms with van der Waals surface area (Å²) in [4.78, 5) is 24.6. The van der Waals surface area contributed by atoms with Crippen molar-refractivity contribution in [2.24, 2.45) is 5.92 Å². The topological polar surface area (TPSA) is 120 Å². The van der Waals surface area contributed by atoms with Crippen LogP contribution in [0, 0.1) is 12.8 Å². The minimum atomic E-state index is -0.390. The Morgan fingerprint density at radius 2 is 2.14 bits per heavy atom. The molecule has 1 aliphatic heterocycles. The quantitative estimate of drug-likeness (QED) is 0.524. The number of nitrogens with one attached hydrogen (secondary N) is 1. The van der Waals surface area contributed by atoms with Gasteiger partial charge in [-0.05, 0) is 13.8 Å². The van der Waals surface area contributed by atoms with E-state index in [1.807, 2.05) is 13.8 Å². The average Bonchev–Trinajstić information content (AvgIpc) is 3.34. The molecular formula is C17H20N4O5S2. The van der Waals surface area contributed by atoms with Crippen molar-refractivity contribution in [3.63, 3.8) is 0 Å². The zero-order valence-corrected chi connectivity index (χ0v) is 17.5. The number of amides is 1. The van der Waals surface area contributed by atoms with Gasteiger partial charge in [-0.3, -0.25) is 4.79 Å². The molecule has 2 atom stereocenters. The molecule has 11 heteroatoms. The summed E-state index contributed by atoms with van der Waals surface area (Å²) in [6.07, 6.45) is 0. The molecule has 0 bridgehead atoms. The Morgan fingerprint density at radius 1 is 1.36 bits per heavy atom. The fourth-order valence-electron chi connectivity index (χ4n) is 2.51. The highest BCUT2D eigenvalue weighted by molar-refractivity contribution is 8.04. The van der Waals surface area contributed by atoms with Gasteiger partial charge in [0.2, 0.25) is 5.91 Å². The summed E-state index contributed by atoms with van der Waals surface area (Å²) in [5.41, 5.74) is 0.954. The van der Waals surface area contributed by atoms with E-state index in [0.29, 0.717) is 22.1 Å². The van der Waals surface area contributed by atoms with Gasteiger partial charge >= 0.3 is 5.97 Å². The fraction of sp³-hybridized carbons (Fsp3) is 0.471. The minimum absolute atomic E-state index is 0.00332. The van der Waals surface area contributed by atoms with Crippen LogP contribution in [0.15, 0.2) is 30.8 Å². The van der Waals surface area contributed by atoms with Crippen LogP contribution in [0.4, 0.5) is 0 Å². The number of aryl methyl sites for hydroxylation is 1. The van der Waals surface area contributed by atoms with Crippen molar-refractivity contribution in [2.45, 2.75) is 38.2 Å². The van der Waals surface area contributed by atoms with Crippen LogP contribution < -0.4 is 5.32 Å². The van der Waals surface area contributed by atoms with Crippen LogP contribution in [0.1, 0.15) is 26.5 Å². The van der Waals surface area contributed by atoms with Crippen LogP contribution in [-0.2, 0) is 14.3 Å². The number of hydrogen-bond donors (Lipinski definition) is 1. The molecule has 9 nitrogen and oxygen atoms in total. The normalized spacial score (nSPS) is 19.1. The number of carbonyl (C=O) groups is 2. The molecule has 0 saturated heterocycles. The Hall–Kier alpha value is -2.27. The molecule has 0 fully saturated rings. The molecule has 0 aromatic carbocycles. The number of aromatic nitrogens is 3. The molecule has 0 unspecified atom stereocenters. The summed E-state index contributed by atoms with van der Waals surface area (Å²) in [6.45, 7) is 7.75. The maximum absolute atomic E-state index is 12.3. The van der Waals surface area contributed by atoms with Gasteiger partial charge in [0, 0.05) is 17.2 Å². The molecule has 0 spiro atoms. The van der Waals surface area contributed by atoms with Gasteiger partial charge in [0.1, 0.15) is 5.76 Å². The molecule has 3 rings (SSSR count). The van der Waals surface area contributed by atoms with Crippen LogP contribution in [0.3, 0.4) is 0 Å². The van der Waals surface area contributed by atoms with E-state index in [1.54, 1.807) is 19.9 Å². The van der Waals surface area contributed by atoms with Crippen molar-refractivity contribution < 1.29 is 23.3 Å². The number of carbonyl (C=O) groups excluding carboxylic acids is 2. The van der Waals surface area contributed by atoms with E-state index in [2.05, 4.69) is 20.7 Å². The Morgan fingerprint density at radius 3 is 2.82 bits per heavy atom. The average molecular weight is 425 g/mol. The molecule has 2 aromatic rings. The van der Waals surface area contributed by atoms with Crippen molar-refractivity contribution >= 4 is 35.4 Å². The lowest BCUT2D eigenvalue weighted by molar-refractivity contribution is -0.139. The molecule has 0 aliphatic carbocycles. The summed E-state index contributed by atoms with van der Waals surface area (Å²) in [5.74, 6) is 0.247. The Balaban J connectivity index is 1.60. The highest BCUT2D eigenvalue weighted by Crippen LogP contribution is 2.41. The SMILES string of the molecule is CCOC(=O)C1=C(NC(=O)CSc2nnc(-c3cc(C)on3)o2)S[C@H](C)[C@@H]1C. The van der Waals surface area contributed by atoms with Gasteiger partial charge < -0.3 is 19.0 Å². The van der Waals surface area contributed by atoms with Crippen molar-refractivity contribution in [3.05, 3.63) is 22.4 Å². The molecular weight excluding hydrogens is 404 g/mol. The number of nitrogens with zero attached hydrogens (tertiary/aromatic N) is 3. The van der Waals surface area contributed by atoms with E-state index < -0.39 is 0 Å². The highest BCUT2D eigenvalue weighted by Gasteiger charge is 2.35. The van der Waals surface area contributed by atoms with Gasteiger partial charge in [-0.2, -0.15) is 0 Å². The first-order valence-corrected chi connectivity index (χ1v) is 10.5. The van der Waals surface area contributed by atoms with Crippen LogP contribution in [0.25, 0.3) is 11.6 Å². The zero-order valence-electron chi connectivity index (χ0n) is 15.8. The Labute approximate surface area is 170 Å². The maximum atomic E-state index is 12.3. The van der Waals surface area contributed by atoms with Crippen molar-refractivity contribution in [1.29, 1.82) is 0 Å². The molecule has 1 aliphatic rings. The Kier molecular flexibility index (Phi) is 6.45. The summed E-state index contributed by atoms with van der Waals surface area (Å²) in [7, 11) is 0. The fourth-order valence-corrected chi connectivity index (χ4v) is 4.35. The van der Waals surface area contributed by atoms with Gasteiger partial charge in [0.25, 0.3) is 11.1 Å². The maximum Gasteiger partial charge on any atom is 0.336 e. The summed E-state index contributed by atoms with van der Waals surface area (Å²) < 4.78 is 15.6. The Bertz CT molecular complexity index is 907. The van der Waals surface area contributed by atoms with Crippen LogP contribution in [0.2, 0.25) is 0 Å². The zero-order chi connectivity index (χ0) is 20.3. The first kappa shape index (κ1) is 20.5. The molecule has 1 amide bonds. The van der Waals surface area contributed by atoms with Crippen molar-refractivity contribution in [1.82, 2.24) is 20.7 Å². The second kappa shape index (κ2) is 8.82. The van der Waals surface area contributed by atoms with E-state index in [0.717, 1.165) is 11.8 Å². The molecule has 3 heterocycles. The first-order valence-electron chi connectivity index (χ1n) is 8.66. The van der Waals surface area contributed by atoms with E-state index in [4.69, 9.17) is 13.7 Å². The number of rotatable bonds is 7. The molecule has 2 aromatic heterocycles. The van der Waals surface area contributed by atoms with Crippen molar-refractivity contribution in [2.75, 3.05) is 12.4 Å².